The fourth-order valence-corrected chi connectivity index (χ4v) is 3.38. The molecule has 0 aliphatic carbocycles. The molecule has 2 rings (SSSR count). The smallest absolute Gasteiger partial charge is 0.128 e. The van der Waals surface area contributed by atoms with E-state index >= 15 is 0 Å². The maximum atomic E-state index is 6.29. The summed E-state index contributed by atoms with van der Waals surface area (Å²) in [7, 11) is 0. The number of hydrogen-bond donors (Lipinski definition) is 2. The first-order chi connectivity index (χ1) is 11.8. The number of aryl methyl sites for hydroxylation is 3. The first-order valence-electron chi connectivity index (χ1n) is 9.07. The van der Waals surface area contributed by atoms with Crippen LogP contribution in [0.2, 0.25) is 0 Å². The van der Waals surface area contributed by atoms with Crippen LogP contribution in [0.4, 0.5) is 5.69 Å². The average molecular weight is 341 g/mol. The molecule has 4 N–H and O–H groups in total. The molecular formula is C21H31N3O. The van der Waals surface area contributed by atoms with Gasteiger partial charge in [-0.15, -0.1) is 0 Å². The standard InChI is InChI=1S/C21H31N3O/c1-7-16(8-2)25-18-10-14(5)24-21(17(18)11-22)19-12(3)9-13(4)20(23)15(19)6/h9-10,16H,7-8,11,22-23H2,1-6H3. The van der Waals surface area contributed by atoms with Gasteiger partial charge in [0.15, 0.2) is 0 Å². The fourth-order valence-electron chi connectivity index (χ4n) is 3.38. The van der Waals surface area contributed by atoms with Crippen LogP contribution < -0.4 is 16.2 Å². The number of aromatic nitrogens is 1. The third-order valence-corrected chi connectivity index (χ3v) is 4.89. The van der Waals surface area contributed by atoms with Crippen LogP contribution in [-0.2, 0) is 6.54 Å². The molecule has 25 heavy (non-hydrogen) atoms. The van der Waals surface area contributed by atoms with Gasteiger partial charge in [-0.25, -0.2) is 0 Å². The van der Waals surface area contributed by atoms with Gasteiger partial charge in [0.05, 0.1) is 11.8 Å². The normalized spacial score (nSPS) is 11.2. The van der Waals surface area contributed by atoms with E-state index in [4.69, 9.17) is 21.2 Å². The van der Waals surface area contributed by atoms with Gasteiger partial charge in [-0.05, 0) is 57.2 Å². The SMILES string of the molecule is CCC(CC)Oc1cc(C)nc(-c2c(C)cc(C)c(N)c2C)c1CN. The van der Waals surface area contributed by atoms with Crippen molar-refractivity contribution in [3.05, 3.63) is 40.1 Å². The predicted octanol–water partition coefficient (Wildman–Crippen LogP) is 4.59. The molecule has 0 fully saturated rings. The molecule has 0 atom stereocenters. The van der Waals surface area contributed by atoms with Crippen molar-refractivity contribution in [3.63, 3.8) is 0 Å². The van der Waals surface area contributed by atoms with Gasteiger partial charge in [0, 0.05) is 35.1 Å². The summed E-state index contributed by atoms with van der Waals surface area (Å²) in [6.45, 7) is 12.8. The van der Waals surface area contributed by atoms with Gasteiger partial charge < -0.3 is 16.2 Å². The molecule has 1 aromatic heterocycles. The van der Waals surface area contributed by atoms with E-state index in [-0.39, 0.29) is 6.10 Å². The van der Waals surface area contributed by atoms with E-state index < -0.39 is 0 Å². The maximum Gasteiger partial charge on any atom is 0.128 e. The van der Waals surface area contributed by atoms with E-state index in [1.54, 1.807) is 0 Å². The molecule has 2 aromatic rings. The van der Waals surface area contributed by atoms with Crippen molar-refractivity contribution in [2.24, 2.45) is 5.73 Å². The first-order valence-corrected chi connectivity index (χ1v) is 9.07. The van der Waals surface area contributed by atoms with Crippen LogP contribution >= 0.6 is 0 Å². The van der Waals surface area contributed by atoms with Crippen molar-refractivity contribution in [2.75, 3.05) is 5.73 Å². The maximum absolute atomic E-state index is 6.29. The summed E-state index contributed by atoms with van der Waals surface area (Å²) < 4.78 is 6.26. The summed E-state index contributed by atoms with van der Waals surface area (Å²) in [5.41, 5.74) is 20.4. The van der Waals surface area contributed by atoms with Crippen molar-refractivity contribution >= 4 is 5.69 Å². The molecule has 4 heteroatoms. The monoisotopic (exact) mass is 341 g/mol. The Morgan fingerprint density at radius 2 is 1.68 bits per heavy atom. The molecule has 0 aliphatic heterocycles. The minimum atomic E-state index is 0.185. The predicted molar refractivity (Wildman–Crippen MR) is 106 cm³/mol. The Morgan fingerprint density at radius 1 is 1.04 bits per heavy atom. The number of pyridine rings is 1. The van der Waals surface area contributed by atoms with Crippen molar-refractivity contribution in [1.29, 1.82) is 0 Å². The van der Waals surface area contributed by atoms with E-state index in [0.717, 1.165) is 63.5 Å². The van der Waals surface area contributed by atoms with Gasteiger partial charge in [0.2, 0.25) is 0 Å². The van der Waals surface area contributed by atoms with Crippen LogP contribution in [0.3, 0.4) is 0 Å². The Bertz CT molecular complexity index is 764. The Labute approximate surface area is 151 Å². The highest BCUT2D eigenvalue weighted by Gasteiger charge is 2.20. The van der Waals surface area contributed by atoms with Crippen molar-refractivity contribution in [2.45, 2.75) is 67.0 Å². The van der Waals surface area contributed by atoms with Gasteiger partial charge in [-0.2, -0.15) is 0 Å². The number of anilines is 1. The molecule has 1 heterocycles. The van der Waals surface area contributed by atoms with Crippen LogP contribution in [-0.4, -0.2) is 11.1 Å². The zero-order chi connectivity index (χ0) is 18.7. The lowest BCUT2D eigenvalue weighted by atomic mass is 9.92. The van der Waals surface area contributed by atoms with Crippen molar-refractivity contribution in [3.8, 4) is 17.0 Å². The van der Waals surface area contributed by atoms with Crippen LogP contribution in [0.5, 0.6) is 5.75 Å². The number of nitrogens with zero attached hydrogens (tertiary/aromatic N) is 1. The third-order valence-electron chi connectivity index (χ3n) is 4.89. The summed E-state index contributed by atoms with van der Waals surface area (Å²) in [4.78, 5) is 4.81. The number of rotatable bonds is 6. The molecule has 0 amide bonds. The zero-order valence-electron chi connectivity index (χ0n) is 16.4. The summed E-state index contributed by atoms with van der Waals surface area (Å²) in [5, 5.41) is 0. The van der Waals surface area contributed by atoms with E-state index in [9.17, 15) is 0 Å². The summed E-state index contributed by atoms with van der Waals surface area (Å²) in [5.74, 6) is 0.844. The number of ether oxygens (including phenoxy) is 1. The van der Waals surface area contributed by atoms with Crippen molar-refractivity contribution < 1.29 is 4.74 Å². The van der Waals surface area contributed by atoms with Crippen LogP contribution in [0, 0.1) is 27.7 Å². The Balaban J connectivity index is 2.71. The number of nitrogens with two attached hydrogens (primary N) is 2. The molecule has 0 aliphatic rings. The molecule has 0 saturated carbocycles. The summed E-state index contributed by atoms with van der Waals surface area (Å²) >= 11 is 0. The lowest BCUT2D eigenvalue weighted by Crippen LogP contribution is -2.17. The Kier molecular flexibility index (Phi) is 6.07. The lowest BCUT2D eigenvalue weighted by molar-refractivity contribution is 0.191. The summed E-state index contributed by atoms with van der Waals surface area (Å²) in [6, 6.07) is 4.11. The first kappa shape index (κ1) is 19.3. The van der Waals surface area contributed by atoms with Crippen LogP contribution in [0.25, 0.3) is 11.3 Å². The highest BCUT2D eigenvalue weighted by atomic mass is 16.5. The second-order valence-corrected chi connectivity index (χ2v) is 6.77. The topological polar surface area (TPSA) is 74.2 Å². The van der Waals surface area contributed by atoms with Crippen LogP contribution in [0.15, 0.2) is 12.1 Å². The van der Waals surface area contributed by atoms with Gasteiger partial charge in [0.1, 0.15) is 5.75 Å². The second kappa shape index (κ2) is 7.87. The molecule has 136 valence electrons. The van der Waals surface area contributed by atoms with Crippen molar-refractivity contribution in [1.82, 2.24) is 4.98 Å². The largest absolute Gasteiger partial charge is 0.490 e. The van der Waals surface area contributed by atoms with Crippen LogP contribution in [0.1, 0.15) is 54.6 Å². The lowest BCUT2D eigenvalue weighted by Gasteiger charge is -2.22. The molecule has 1 aromatic carbocycles. The Morgan fingerprint density at radius 3 is 2.24 bits per heavy atom. The zero-order valence-corrected chi connectivity index (χ0v) is 16.4. The fraction of sp³-hybridized carbons (Fsp3) is 0.476. The van der Waals surface area contributed by atoms with E-state index in [1.807, 2.05) is 19.9 Å². The van der Waals surface area contributed by atoms with E-state index in [2.05, 4.69) is 33.8 Å². The van der Waals surface area contributed by atoms with Gasteiger partial charge >= 0.3 is 0 Å². The quantitative estimate of drug-likeness (QED) is 0.754. The molecule has 0 saturated heterocycles. The number of benzene rings is 1. The molecule has 0 bridgehead atoms. The molecule has 0 unspecified atom stereocenters. The molecule has 0 spiro atoms. The average Bonchev–Trinajstić information content (AvgIpc) is 2.57. The second-order valence-electron chi connectivity index (χ2n) is 6.77. The highest BCUT2D eigenvalue weighted by Crippen LogP contribution is 2.37. The van der Waals surface area contributed by atoms with E-state index in [1.165, 1.54) is 0 Å². The summed E-state index contributed by atoms with van der Waals surface area (Å²) in [6.07, 6.45) is 2.12. The molecular weight excluding hydrogens is 310 g/mol. The number of hydrogen-bond acceptors (Lipinski definition) is 4. The van der Waals surface area contributed by atoms with E-state index in [0.29, 0.717) is 6.54 Å². The molecule has 4 nitrogen and oxygen atoms in total. The van der Waals surface area contributed by atoms with Gasteiger partial charge in [-0.1, -0.05) is 19.9 Å². The number of nitrogen functional groups attached to an aromatic ring is 1. The third kappa shape index (κ3) is 3.79. The minimum absolute atomic E-state index is 0.185. The van der Waals surface area contributed by atoms with Gasteiger partial charge in [-0.3, -0.25) is 4.98 Å². The Hall–Kier alpha value is -2.07. The van der Waals surface area contributed by atoms with Gasteiger partial charge in [0.25, 0.3) is 0 Å². The molecule has 0 radical (unpaired) electrons. The highest BCUT2D eigenvalue weighted by molar-refractivity contribution is 5.78. The minimum Gasteiger partial charge on any atom is -0.490 e.